The summed E-state index contributed by atoms with van der Waals surface area (Å²) < 4.78 is 5.19. The first-order chi connectivity index (χ1) is 8.58. The molecule has 0 aliphatic carbocycles. The lowest BCUT2D eigenvalue weighted by atomic mass is 10.1. The lowest BCUT2D eigenvalue weighted by molar-refractivity contribution is 0.0935. The van der Waals surface area contributed by atoms with Gasteiger partial charge in [-0.15, -0.1) is 0 Å². The van der Waals surface area contributed by atoms with Gasteiger partial charge in [-0.25, -0.2) is 0 Å². The summed E-state index contributed by atoms with van der Waals surface area (Å²) in [4.78, 5) is 12.0. The number of hydrogen-bond donors (Lipinski definition) is 2. The van der Waals surface area contributed by atoms with Gasteiger partial charge in [0.1, 0.15) is 11.5 Å². The molecule has 0 aliphatic heterocycles. The summed E-state index contributed by atoms with van der Waals surface area (Å²) >= 11 is 5.90. The van der Waals surface area contributed by atoms with Crippen LogP contribution in [-0.2, 0) is 0 Å². The van der Waals surface area contributed by atoms with Crippen LogP contribution in [0.2, 0.25) is 5.02 Å². The summed E-state index contributed by atoms with van der Waals surface area (Å²) in [5.74, 6) is 0.287. The number of hydrogen-bond acceptors (Lipinski definition) is 3. The van der Waals surface area contributed by atoms with Gasteiger partial charge in [-0.2, -0.15) is 0 Å². The Balaban J connectivity index is 2.15. The van der Waals surface area contributed by atoms with Gasteiger partial charge in [0.2, 0.25) is 0 Å². The van der Waals surface area contributed by atoms with Crippen LogP contribution in [0.25, 0.3) is 0 Å². The fourth-order valence-corrected chi connectivity index (χ4v) is 1.77. The maximum Gasteiger partial charge on any atom is 0.253 e. The number of carbonyl (C=O) groups excluding carboxylic acids is 1. The Morgan fingerprint density at radius 1 is 1.44 bits per heavy atom. The highest BCUT2D eigenvalue weighted by Gasteiger charge is 2.16. The largest absolute Gasteiger partial charge is 0.508 e. The molecule has 4 nitrogen and oxygen atoms in total. The van der Waals surface area contributed by atoms with Crippen LogP contribution >= 0.6 is 11.6 Å². The number of carbonyl (C=O) groups is 1. The third-order valence-corrected chi connectivity index (χ3v) is 2.84. The molecule has 0 saturated carbocycles. The van der Waals surface area contributed by atoms with Crippen LogP contribution in [0.3, 0.4) is 0 Å². The van der Waals surface area contributed by atoms with Gasteiger partial charge in [-0.3, -0.25) is 4.79 Å². The molecule has 0 aliphatic rings. The third kappa shape index (κ3) is 2.65. The Morgan fingerprint density at radius 2 is 2.22 bits per heavy atom. The van der Waals surface area contributed by atoms with E-state index >= 15 is 0 Å². The molecule has 0 saturated heterocycles. The van der Waals surface area contributed by atoms with Gasteiger partial charge < -0.3 is 14.8 Å². The summed E-state index contributed by atoms with van der Waals surface area (Å²) in [6.45, 7) is 1.80. The van der Waals surface area contributed by atoms with Crippen molar-refractivity contribution >= 4 is 17.5 Å². The number of phenolic OH excluding ortho intramolecular Hbond substituents is 1. The maximum atomic E-state index is 12.0. The van der Waals surface area contributed by atoms with E-state index in [1.54, 1.807) is 25.3 Å². The molecule has 1 unspecified atom stereocenters. The van der Waals surface area contributed by atoms with Crippen molar-refractivity contribution in [1.29, 1.82) is 0 Å². The zero-order valence-electron chi connectivity index (χ0n) is 9.68. The van der Waals surface area contributed by atoms with Crippen LogP contribution in [0.1, 0.15) is 29.1 Å². The predicted molar refractivity (Wildman–Crippen MR) is 67.7 cm³/mol. The van der Waals surface area contributed by atoms with E-state index in [4.69, 9.17) is 16.0 Å². The smallest absolute Gasteiger partial charge is 0.253 e. The van der Waals surface area contributed by atoms with E-state index in [-0.39, 0.29) is 28.3 Å². The summed E-state index contributed by atoms with van der Waals surface area (Å²) in [7, 11) is 0. The van der Waals surface area contributed by atoms with Crippen molar-refractivity contribution in [3.05, 3.63) is 52.9 Å². The molecule has 0 fully saturated rings. The molecule has 1 amide bonds. The minimum atomic E-state index is -0.361. The second-order valence-electron chi connectivity index (χ2n) is 3.87. The number of nitrogens with one attached hydrogen (secondary N) is 1. The average molecular weight is 266 g/mol. The second kappa shape index (κ2) is 5.14. The van der Waals surface area contributed by atoms with Gasteiger partial charge in [-0.05, 0) is 37.3 Å². The van der Waals surface area contributed by atoms with Gasteiger partial charge in [-0.1, -0.05) is 11.6 Å². The molecule has 1 aromatic heterocycles. The molecular weight excluding hydrogens is 254 g/mol. The molecule has 2 aromatic rings. The number of rotatable bonds is 3. The summed E-state index contributed by atoms with van der Waals surface area (Å²) in [5.41, 5.74) is 0.232. The van der Waals surface area contributed by atoms with Crippen LogP contribution in [0, 0.1) is 0 Å². The summed E-state index contributed by atoms with van der Waals surface area (Å²) in [5, 5.41) is 12.4. The van der Waals surface area contributed by atoms with Crippen LogP contribution in [0.5, 0.6) is 5.75 Å². The molecule has 0 spiro atoms. The highest BCUT2D eigenvalue weighted by molar-refractivity contribution is 6.33. The Labute approximate surface area is 109 Å². The van der Waals surface area contributed by atoms with Crippen LogP contribution < -0.4 is 5.32 Å². The fourth-order valence-electron chi connectivity index (χ4n) is 1.57. The second-order valence-corrected chi connectivity index (χ2v) is 4.28. The van der Waals surface area contributed by atoms with Gasteiger partial charge in [0.15, 0.2) is 0 Å². The van der Waals surface area contributed by atoms with Crippen molar-refractivity contribution in [1.82, 2.24) is 5.32 Å². The maximum absolute atomic E-state index is 12.0. The van der Waals surface area contributed by atoms with Gasteiger partial charge in [0, 0.05) is 0 Å². The number of amides is 1. The molecule has 5 heteroatoms. The van der Waals surface area contributed by atoms with Crippen molar-refractivity contribution in [2.45, 2.75) is 13.0 Å². The third-order valence-electron chi connectivity index (χ3n) is 2.51. The average Bonchev–Trinajstić information content (AvgIpc) is 2.85. The minimum Gasteiger partial charge on any atom is -0.508 e. The molecule has 0 radical (unpaired) electrons. The first-order valence-electron chi connectivity index (χ1n) is 5.40. The Hall–Kier alpha value is -1.94. The Kier molecular flexibility index (Phi) is 3.58. The zero-order chi connectivity index (χ0) is 13.1. The lowest BCUT2D eigenvalue weighted by Crippen LogP contribution is -2.26. The highest BCUT2D eigenvalue weighted by atomic mass is 35.5. The predicted octanol–water partition coefficient (Wildman–Crippen LogP) is 3.13. The minimum absolute atomic E-state index is 0.00444. The molecule has 0 bridgehead atoms. The molecule has 94 valence electrons. The quantitative estimate of drug-likeness (QED) is 0.896. The monoisotopic (exact) mass is 265 g/mol. The summed E-state index contributed by atoms with van der Waals surface area (Å²) in [6, 6.07) is 7.48. The van der Waals surface area contributed by atoms with Crippen LogP contribution in [0.15, 0.2) is 41.0 Å². The Morgan fingerprint density at radius 3 is 2.89 bits per heavy atom. The molecule has 1 aromatic carbocycles. The van der Waals surface area contributed by atoms with E-state index in [2.05, 4.69) is 5.32 Å². The number of furan rings is 1. The van der Waals surface area contributed by atoms with E-state index in [0.29, 0.717) is 5.76 Å². The molecule has 2 rings (SSSR count). The number of phenols is 1. The fraction of sp³-hybridized carbons (Fsp3) is 0.154. The Bertz CT molecular complexity index is 551. The van der Waals surface area contributed by atoms with E-state index in [1.165, 1.54) is 18.2 Å². The molecule has 2 N–H and O–H groups in total. The van der Waals surface area contributed by atoms with Crippen molar-refractivity contribution < 1.29 is 14.3 Å². The standard InChI is InChI=1S/C13H12ClNO3/c1-8(12-3-2-6-18-12)15-13(17)10-7-9(16)4-5-11(10)14/h2-8,16H,1H3,(H,15,17). The molecule has 1 atom stereocenters. The highest BCUT2D eigenvalue weighted by Crippen LogP contribution is 2.22. The van der Waals surface area contributed by atoms with Crippen molar-refractivity contribution in [3.8, 4) is 5.75 Å². The van der Waals surface area contributed by atoms with Gasteiger partial charge in [0.05, 0.1) is 22.9 Å². The first-order valence-corrected chi connectivity index (χ1v) is 5.78. The number of halogens is 1. The number of aromatic hydroxyl groups is 1. The van der Waals surface area contributed by atoms with Crippen molar-refractivity contribution in [3.63, 3.8) is 0 Å². The summed E-state index contributed by atoms with van der Waals surface area (Å²) in [6.07, 6.45) is 1.54. The molecule has 1 heterocycles. The molecular formula is C13H12ClNO3. The van der Waals surface area contributed by atoms with Gasteiger partial charge in [0.25, 0.3) is 5.91 Å². The SMILES string of the molecule is CC(NC(=O)c1cc(O)ccc1Cl)c1ccco1. The topological polar surface area (TPSA) is 62.5 Å². The van der Waals surface area contributed by atoms with E-state index < -0.39 is 0 Å². The van der Waals surface area contributed by atoms with E-state index in [0.717, 1.165) is 0 Å². The molecule has 18 heavy (non-hydrogen) atoms. The first kappa shape index (κ1) is 12.5. The van der Waals surface area contributed by atoms with E-state index in [1.807, 2.05) is 0 Å². The van der Waals surface area contributed by atoms with Crippen molar-refractivity contribution in [2.75, 3.05) is 0 Å². The number of benzene rings is 1. The van der Waals surface area contributed by atoms with Crippen LogP contribution in [-0.4, -0.2) is 11.0 Å². The van der Waals surface area contributed by atoms with Crippen molar-refractivity contribution in [2.24, 2.45) is 0 Å². The zero-order valence-corrected chi connectivity index (χ0v) is 10.4. The van der Waals surface area contributed by atoms with E-state index in [9.17, 15) is 9.90 Å². The van der Waals surface area contributed by atoms with Crippen LogP contribution in [0.4, 0.5) is 0 Å². The lowest BCUT2D eigenvalue weighted by Gasteiger charge is -2.12. The van der Waals surface area contributed by atoms with Gasteiger partial charge >= 0.3 is 0 Å². The normalized spacial score (nSPS) is 12.1.